The van der Waals surface area contributed by atoms with Gasteiger partial charge in [-0.3, -0.25) is 19.4 Å². The van der Waals surface area contributed by atoms with Crippen molar-refractivity contribution in [3.8, 4) is 5.75 Å². The molecule has 1 aliphatic heterocycles. The van der Waals surface area contributed by atoms with Crippen molar-refractivity contribution in [1.29, 1.82) is 0 Å². The highest BCUT2D eigenvalue weighted by Gasteiger charge is 2.63. The molecule has 38 heavy (non-hydrogen) atoms. The second kappa shape index (κ2) is 9.37. The maximum Gasteiger partial charge on any atom is 0.250 e. The Bertz CT molecular complexity index is 1250. The zero-order valence-electron chi connectivity index (χ0n) is 22.0. The van der Waals surface area contributed by atoms with E-state index in [9.17, 15) is 35.1 Å². The minimum atomic E-state index is -2.43. The molecule has 0 radical (unpaired) electrons. The lowest BCUT2D eigenvalue weighted by molar-refractivity contribution is -0.143. The van der Waals surface area contributed by atoms with E-state index in [0.717, 1.165) is 37.1 Å². The van der Waals surface area contributed by atoms with Gasteiger partial charge in [0.1, 0.15) is 23.4 Å². The van der Waals surface area contributed by atoms with Gasteiger partial charge in [0.25, 0.3) is 5.91 Å². The van der Waals surface area contributed by atoms with Crippen LogP contribution in [-0.4, -0.2) is 92.0 Å². The molecule has 10 nitrogen and oxygen atoms in total. The molecular formula is C28H37N3O7. The van der Waals surface area contributed by atoms with Crippen LogP contribution in [0.2, 0.25) is 0 Å². The minimum absolute atomic E-state index is 0.0859. The van der Waals surface area contributed by atoms with E-state index in [2.05, 4.69) is 11.8 Å². The maximum atomic E-state index is 13.8. The number of fused-ring (bicyclic) bond motifs is 3. The van der Waals surface area contributed by atoms with E-state index in [0.29, 0.717) is 18.9 Å². The summed E-state index contributed by atoms with van der Waals surface area (Å²) in [6.45, 7) is 4.78. The number of hydrogen-bond acceptors (Lipinski definition) is 9. The van der Waals surface area contributed by atoms with E-state index in [-0.39, 0.29) is 23.3 Å². The summed E-state index contributed by atoms with van der Waals surface area (Å²) >= 11 is 0. The Hall–Kier alpha value is -2.92. The predicted octanol–water partition coefficient (Wildman–Crippen LogP) is 1.14. The van der Waals surface area contributed by atoms with Crippen LogP contribution < -0.4 is 5.73 Å². The number of aliphatic hydroxyl groups is 4. The highest BCUT2D eigenvalue weighted by Crippen LogP contribution is 2.53. The summed E-state index contributed by atoms with van der Waals surface area (Å²) in [5.74, 6) is -3.95. The third kappa shape index (κ3) is 3.85. The first-order valence-electron chi connectivity index (χ1n) is 13.2. The maximum absolute atomic E-state index is 13.8. The van der Waals surface area contributed by atoms with E-state index in [1.807, 2.05) is 6.07 Å². The summed E-state index contributed by atoms with van der Waals surface area (Å²) in [5.41, 5.74) is 4.07. The predicted molar refractivity (Wildman–Crippen MR) is 138 cm³/mol. The van der Waals surface area contributed by atoms with E-state index in [4.69, 9.17) is 5.73 Å². The molecule has 5 rings (SSSR count). The number of amides is 1. The summed E-state index contributed by atoms with van der Waals surface area (Å²) in [6, 6.07) is 2.39. The smallest absolute Gasteiger partial charge is 0.250 e. The number of primary amides is 1. The third-order valence-electron chi connectivity index (χ3n) is 9.18. The molecule has 1 heterocycles. The molecule has 7 N–H and O–H groups in total. The van der Waals surface area contributed by atoms with Gasteiger partial charge in [-0.1, -0.05) is 13.0 Å². The fourth-order valence-electron chi connectivity index (χ4n) is 7.10. The van der Waals surface area contributed by atoms with Gasteiger partial charge in [0.2, 0.25) is 0 Å². The number of carbonyl (C=O) groups is 2. The van der Waals surface area contributed by atoms with Crippen LogP contribution in [0.25, 0.3) is 0 Å². The first kappa shape index (κ1) is 26.7. The van der Waals surface area contributed by atoms with Crippen molar-refractivity contribution in [2.45, 2.75) is 56.9 Å². The second-order valence-electron chi connectivity index (χ2n) is 11.7. The highest BCUT2D eigenvalue weighted by molar-refractivity contribution is 6.13. The molecule has 0 spiro atoms. The molecule has 0 aromatic heterocycles. The van der Waals surface area contributed by atoms with Crippen molar-refractivity contribution >= 4 is 11.7 Å². The number of carbonyl (C=O) groups excluding carboxylic acids is 2. The Labute approximate surface area is 221 Å². The number of ketones is 1. The molecule has 0 bridgehead atoms. The summed E-state index contributed by atoms with van der Waals surface area (Å²) in [5, 5.41) is 55.9. The number of rotatable bonds is 4. The molecule has 1 unspecified atom stereocenters. The molecule has 5 atom stereocenters. The number of phenolic OH excluding ortho intramolecular Hbond substituents is 1. The number of aliphatic hydroxyl groups excluding tert-OH is 3. The molecule has 1 aromatic rings. The van der Waals surface area contributed by atoms with E-state index >= 15 is 0 Å². The third-order valence-corrected chi connectivity index (χ3v) is 9.18. The van der Waals surface area contributed by atoms with E-state index < -0.39 is 58.4 Å². The number of phenols is 1. The number of nitrogens with zero attached hydrogens (tertiary/aromatic N) is 2. The van der Waals surface area contributed by atoms with Gasteiger partial charge in [-0.15, -0.1) is 0 Å². The van der Waals surface area contributed by atoms with Gasteiger partial charge < -0.3 is 31.3 Å². The Morgan fingerprint density at radius 2 is 1.84 bits per heavy atom. The lowest BCUT2D eigenvalue weighted by Gasteiger charge is -2.53. The van der Waals surface area contributed by atoms with Crippen molar-refractivity contribution in [3.05, 3.63) is 51.5 Å². The average Bonchev–Trinajstić information content (AvgIpc) is 2.84. The van der Waals surface area contributed by atoms with E-state index in [1.54, 1.807) is 19.0 Å². The number of nitrogens with two attached hydrogens (primary N) is 1. The lowest BCUT2D eigenvalue weighted by Crippen LogP contribution is -2.65. The molecule has 1 saturated heterocycles. The van der Waals surface area contributed by atoms with Crippen molar-refractivity contribution in [1.82, 2.24) is 9.80 Å². The molecule has 1 aromatic carbocycles. The van der Waals surface area contributed by atoms with Gasteiger partial charge in [-0.05, 0) is 81.9 Å². The highest BCUT2D eigenvalue weighted by atomic mass is 16.4. The quantitative estimate of drug-likeness (QED) is 0.336. The standard InChI is InChI=1S/C28H37N3O7/c1-13-6-8-31(9-7-13)12-14-4-5-18(32)20-16(14)10-15-11-17-22(30(2)3)24(34)21(27(29)37)26(36)28(17,38)25(35)19(15)23(20)33/h4-5,13,15,17,22,26,32,34-36,38H,6-12H2,1-3H3,(H2,29,37)/t15-,17-,22-,26?,28-/m0/s1. The average molecular weight is 528 g/mol. The van der Waals surface area contributed by atoms with E-state index in [1.165, 1.54) is 6.07 Å². The number of allylic oxidation sites excluding steroid dienone is 1. The van der Waals surface area contributed by atoms with Gasteiger partial charge in [-0.25, -0.2) is 0 Å². The number of likely N-dealkylation sites (N-methyl/N-ethyl adjacent to an activating group) is 1. The fraction of sp³-hybridized carbons (Fsp3) is 0.571. The first-order valence-corrected chi connectivity index (χ1v) is 13.2. The largest absolute Gasteiger partial charge is 0.510 e. The van der Waals surface area contributed by atoms with Crippen LogP contribution in [0.4, 0.5) is 0 Å². The van der Waals surface area contributed by atoms with Crippen molar-refractivity contribution in [3.63, 3.8) is 0 Å². The summed E-state index contributed by atoms with van der Waals surface area (Å²) in [4.78, 5) is 29.9. The van der Waals surface area contributed by atoms with Gasteiger partial charge in [-0.2, -0.15) is 0 Å². The fourth-order valence-corrected chi connectivity index (χ4v) is 7.10. The van der Waals surface area contributed by atoms with Crippen molar-refractivity contribution < 1.29 is 35.1 Å². The minimum Gasteiger partial charge on any atom is -0.510 e. The van der Waals surface area contributed by atoms with Gasteiger partial charge in [0.05, 0.1) is 17.2 Å². The molecule has 3 aliphatic carbocycles. The molecule has 4 aliphatic rings. The molecular weight excluding hydrogens is 490 g/mol. The molecule has 206 valence electrons. The second-order valence-corrected chi connectivity index (χ2v) is 11.7. The zero-order valence-corrected chi connectivity index (χ0v) is 22.0. The Kier molecular flexibility index (Phi) is 6.58. The van der Waals surface area contributed by atoms with Crippen LogP contribution in [0, 0.1) is 17.8 Å². The number of piperidine rings is 1. The number of likely N-dealkylation sites (tertiary alicyclic amines) is 1. The van der Waals surface area contributed by atoms with Crippen LogP contribution in [0.1, 0.15) is 47.7 Å². The van der Waals surface area contributed by atoms with Crippen LogP contribution in [0.5, 0.6) is 5.75 Å². The molecule has 10 heteroatoms. The van der Waals surface area contributed by atoms with Crippen LogP contribution in [0.15, 0.2) is 34.8 Å². The number of aromatic hydroxyl groups is 1. The van der Waals surface area contributed by atoms with Gasteiger partial charge in [0.15, 0.2) is 11.4 Å². The first-order chi connectivity index (χ1) is 17.9. The summed E-state index contributed by atoms with van der Waals surface area (Å²) < 4.78 is 0. The summed E-state index contributed by atoms with van der Waals surface area (Å²) in [7, 11) is 3.29. The molecule has 1 fully saturated rings. The Morgan fingerprint density at radius 3 is 2.45 bits per heavy atom. The van der Waals surface area contributed by atoms with Gasteiger partial charge >= 0.3 is 0 Å². The number of Topliss-reactive ketones (excluding diaryl/α,β-unsaturated/α-hetero) is 1. The van der Waals surface area contributed by atoms with Crippen molar-refractivity contribution in [2.24, 2.45) is 23.5 Å². The topological polar surface area (TPSA) is 168 Å². The van der Waals surface area contributed by atoms with Crippen molar-refractivity contribution in [2.75, 3.05) is 27.2 Å². The van der Waals surface area contributed by atoms with Crippen LogP contribution in [-0.2, 0) is 17.8 Å². The normalized spacial score (nSPS) is 32.3. The van der Waals surface area contributed by atoms with Gasteiger partial charge in [0, 0.05) is 18.0 Å². The molecule has 1 amide bonds. The monoisotopic (exact) mass is 527 g/mol. The SMILES string of the molecule is CC1CCN(Cc2ccc(O)c3c2C[C@H]2C[C@H]4[C@H](N(C)C)C(O)=C(C(N)=O)C(O)[C@@]4(O)C(O)=C2C3=O)CC1. The summed E-state index contributed by atoms with van der Waals surface area (Å²) in [6.07, 6.45) is 0.644. The Morgan fingerprint density at radius 1 is 1.18 bits per heavy atom. The molecule has 0 saturated carbocycles. The Balaban J connectivity index is 1.60. The van der Waals surface area contributed by atoms with Crippen LogP contribution >= 0.6 is 0 Å². The zero-order chi connectivity index (χ0) is 27.7. The van der Waals surface area contributed by atoms with Crippen LogP contribution in [0.3, 0.4) is 0 Å². The lowest BCUT2D eigenvalue weighted by atomic mass is 9.58. The number of benzene rings is 1. The number of hydrogen-bond donors (Lipinski definition) is 6.